The average Bonchev–Trinajstić information content (AvgIpc) is 2.75. The lowest BCUT2D eigenvalue weighted by Gasteiger charge is -2.34. The summed E-state index contributed by atoms with van der Waals surface area (Å²) in [6.45, 7) is 7.59. The van der Waals surface area contributed by atoms with E-state index in [1.807, 2.05) is 0 Å². The topological polar surface area (TPSA) is 38.0 Å². The maximum Gasteiger partial charge on any atom is 0.278 e. The van der Waals surface area contributed by atoms with Crippen molar-refractivity contribution in [2.45, 2.75) is 44.8 Å². The molecule has 2 aliphatic rings. The third-order valence-electron chi connectivity index (χ3n) is 6.59. The van der Waals surface area contributed by atoms with Crippen LogP contribution in [0.5, 0.6) is 0 Å². The molecule has 148 valence electrons. The normalized spacial score (nSPS) is 25.5. The largest absolute Gasteiger partial charge is 0.344 e. The fourth-order valence-electron chi connectivity index (χ4n) is 4.80. The second kappa shape index (κ2) is 8.89. The molecule has 3 N–H and O–H groups in total. The number of quaternary nitrogens is 2. The molecule has 1 aliphatic heterocycles. The van der Waals surface area contributed by atoms with Gasteiger partial charge in [0.1, 0.15) is 32.7 Å². The quantitative estimate of drug-likeness (QED) is 0.698. The molecule has 0 aromatic heterocycles. The zero-order valence-corrected chi connectivity index (χ0v) is 16.9. The molecule has 28 heavy (non-hydrogen) atoms. The molecule has 4 nitrogen and oxygen atoms in total. The number of hydrogen-bond acceptors (Lipinski definition) is 1. The second-order valence-electron chi connectivity index (χ2n) is 8.44. The van der Waals surface area contributed by atoms with Gasteiger partial charge in [0.15, 0.2) is 6.04 Å². The molecule has 1 heterocycles. The zero-order valence-electron chi connectivity index (χ0n) is 16.9. The minimum absolute atomic E-state index is 0.0207. The molecule has 1 aliphatic carbocycles. The highest BCUT2D eigenvalue weighted by Crippen LogP contribution is 2.29. The summed E-state index contributed by atoms with van der Waals surface area (Å²) in [5, 5.41) is 3.36. The molecule has 0 spiro atoms. The van der Waals surface area contributed by atoms with Crippen LogP contribution >= 0.6 is 0 Å². The Balaban J connectivity index is 1.29. The van der Waals surface area contributed by atoms with Crippen LogP contribution < -0.4 is 15.1 Å². The summed E-state index contributed by atoms with van der Waals surface area (Å²) in [7, 11) is 0. The molecule has 2 atom stereocenters. The Morgan fingerprint density at radius 3 is 2.54 bits per heavy atom. The van der Waals surface area contributed by atoms with E-state index >= 15 is 0 Å². The van der Waals surface area contributed by atoms with Gasteiger partial charge in [0.25, 0.3) is 5.91 Å². The minimum Gasteiger partial charge on any atom is -0.344 e. The van der Waals surface area contributed by atoms with E-state index in [0.717, 1.165) is 52.0 Å². The summed E-state index contributed by atoms with van der Waals surface area (Å²) >= 11 is 0. The third-order valence-corrected chi connectivity index (χ3v) is 6.59. The lowest BCUT2D eigenvalue weighted by molar-refractivity contribution is -1.02. The van der Waals surface area contributed by atoms with Crippen molar-refractivity contribution in [3.8, 4) is 0 Å². The molecule has 4 heteroatoms. The van der Waals surface area contributed by atoms with Gasteiger partial charge in [-0.25, -0.2) is 0 Å². The maximum atomic E-state index is 13.0. The van der Waals surface area contributed by atoms with Crippen molar-refractivity contribution in [3.05, 3.63) is 71.3 Å². The van der Waals surface area contributed by atoms with Crippen LogP contribution in [0.25, 0.3) is 0 Å². The molecule has 0 bridgehead atoms. The minimum atomic E-state index is 0.0207. The number of nitrogens with one attached hydrogen (secondary N) is 3. The number of rotatable bonds is 5. The van der Waals surface area contributed by atoms with Crippen molar-refractivity contribution in [2.75, 3.05) is 26.2 Å². The Labute approximate surface area is 168 Å². The van der Waals surface area contributed by atoms with Crippen molar-refractivity contribution in [1.82, 2.24) is 5.32 Å². The number of hydrogen-bond donors (Lipinski definition) is 3. The molecule has 0 radical (unpaired) electrons. The van der Waals surface area contributed by atoms with Crippen molar-refractivity contribution in [3.63, 3.8) is 0 Å². The number of aryl methyl sites for hydroxylation is 1. The predicted octanol–water partition coefficient (Wildman–Crippen LogP) is 0.552. The number of amides is 1. The smallest absolute Gasteiger partial charge is 0.278 e. The number of fused-ring (bicyclic) bond motifs is 1. The highest BCUT2D eigenvalue weighted by atomic mass is 16.2. The van der Waals surface area contributed by atoms with Gasteiger partial charge in [0.05, 0.1) is 6.04 Å². The summed E-state index contributed by atoms with van der Waals surface area (Å²) < 4.78 is 0. The van der Waals surface area contributed by atoms with Crippen LogP contribution in [0.3, 0.4) is 0 Å². The van der Waals surface area contributed by atoms with Crippen molar-refractivity contribution < 1.29 is 14.6 Å². The SMILES string of the molecule is C[C@@H](C(=O)N[C@H]1CCCc2ccccc21)[NH+]1CC[NH+](Cc2ccccc2)CC1. The van der Waals surface area contributed by atoms with Crippen LogP contribution in [0.1, 0.15) is 42.5 Å². The van der Waals surface area contributed by atoms with E-state index < -0.39 is 0 Å². The first-order valence-electron chi connectivity index (χ1n) is 10.8. The van der Waals surface area contributed by atoms with Crippen LogP contribution in [-0.4, -0.2) is 38.1 Å². The summed E-state index contributed by atoms with van der Waals surface area (Å²) in [6, 6.07) is 19.5. The summed E-state index contributed by atoms with van der Waals surface area (Å²) in [6.07, 6.45) is 3.35. The molecule has 1 saturated heterocycles. The van der Waals surface area contributed by atoms with E-state index in [-0.39, 0.29) is 18.0 Å². The highest BCUT2D eigenvalue weighted by Gasteiger charge is 2.32. The molecule has 0 saturated carbocycles. The van der Waals surface area contributed by atoms with E-state index in [9.17, 15) is 4.79 Å². The lowest BCUT2D eigenvalue weighted by atomic mass is 9.87. The van der Waals surface area contributed by atoms with Gasteiger partial charge in [-0.1, -0.05) is 54.6 Å². The van der Waals surface area contributed by atoms with Gasteiger partial charge in [-0.2, -0.15) is 0 Å². The Morgan fingerprint density at radius 2 is 1.75 bits per heavy atom. The van der Waals surface area contributed by atoms with Gasteiger partial charge >= 0.3 is 0 Å². The van der Waals surface area contributed by atoms with Gasteiger partial charge in [0, 0.05) is 5.56 Å². The standard InChI is InChI=1S/C24H31N3O/c1-19(24(28)25-23-13-7-11-21-10-5-6-12-22(21)23)27-16-14-26(15-17-27)18-20-8-3-2-4-9-20/h2-6,8-10,12,19,23H,7,11,13-18H2,1H3,(H,25,28)/p+2/t19-,23-/m0/s1. The molecule has 2 aromatic rings. The molecule has 0 unspecified atom stereocenters. The summed E-state index contributed by atoms with van der Waals surface area (Å²) in [5.41, 5.74) is 4.13. The first-order valence-corrected chi connectivity index (χ1v) is 10.8. The Kier molecular flexibility index (Phi) is 6.08. The van der Waals surface area contributed by atoms with Crippen LogP contribution in [0.4, 0.5) is 0 Å². The Hall–Kier alpha value is -2.17. The maximum absolute atomic E-state index is 13.0. The van der Waals surface area contributed by atoms with Crippen molar-refractivity contribution in [2.24, 2.45) is 0 Å². The monoisotopic (exact) mass is 379 g/mol. The molecule has 2 aromatic carbocycles. The fraction of sp³-hybridized carbons (Fsp3) is 0.458. The van der Waals surface area contributed by atoms with Gasteiger partial charge in [-0.05, 0) is 37.3 Å². The summed E-state index contributed by atoms with van der Waals surface area (Å²) in [5.74, 6) is 0.211. The van der Waals surface area contributed by atoms with Crippen LogP contribution in [0.15, 0.2) is 54.6 Å². The van der Waals surface area contributed by atoms with Gasteiger partial charge in [0.2, 0.25) is 0 Å². The van der Waals surface area contributed by atoms with Crippen LogP contribution in [0.2, 0.25) is 0 Å². The molecule has 4 rings (SSSR count). The van der Waals surface area contributed by atoms with E-state index in [4.69, 9.17) is 0 Å². The average molecular weight is 380 g/mol. The van der Waals surface area contributed by atoms with Gasteiger partial charge in [-0.3, -0.25) is 4.79 Å². The number of benzene rings is 2. The van der Waals surface area contributed by atoms with Gasteiger partial charge in [-0.15, -0.1) is 0 Å². The number of carbonyl (C=O) groups is 1. The first kappa shape index (κ1) is 19.2. The predicted molar refractivity (Wildman–Crippen MR) is 111 cm³/mol. The zero-order chi connectivity index (χ0) is 19.3. The second-order valence-corrected chi connectivity index (χ2v) is 8.44. The Bertz CT molecular complexity index is 783. The van der Waals surface area contributed by atoms with Gasteiger partial charge < -0.3 is 15.1 Å². The van der Waals surface area contributed by atoms with E-state index in [2.05, 4.69) is 66.8 Å². The Morgan fingerprint density at radius 1 is 1.04 bits per heavy atom. The number of carbonyl (C=O) groups excluding carboxylic acids is 1. The lowest BCUT2D eigenvalue weighted by Crippen LogP contribution is -3.29. The molecular formula is C24H33N3O+2. The van der Waals surface area contributed by atoms with E-state index in [1.54, 1.807) is 4.90 Å². The van der Waals surface area contributed by atoms with E-state index in [0.29, 0.717) is 0 Å². The molecule has 1 fully saturated rings. The van der Waals surface area contributed by atoms with Crippen LogP contribution in [0, 0.1) is 0 Å². The molecular weight excluding hydrogens is 346 g/mol. The first-order chi connectivity index (χ1) is 13.7. The highest BCUT2D eigenvalue weighted by molar-refractivity contribution is 5.80. The third kappa shape index (κ3) is 4.45. The number of piperazine rings is 1. The van der Waals surface area contributed by atoms with Crippen molar-refractivity contribution >= 4 is 5.91 Å². The van der Waals surface area contributed by atoms with Crippen LogP contribution in [-0.2, 0) is 17.8 Å². The molecule has 1 amide bonds. The van der Waals surface area contributed by atoms with E-state index in [1.165, 1.54) is 21.6 Å². The summed E-state index contributed by atoms with van der Waals surface area (Å²) in [4.78, 5) is 16.0. The van der Waals surface area contributed by atoms with Crippen molar-refractivity contribution in [1.29, 1.82) is 0 Å². The fourth-order valence-corrected chi connectivity index (χ4v) is 4.80.